The van der Waals surface area contributed by atoms with Crippen LogP contribution in [-0.4, -0.2) is 30.4 Å². The summed E-state index contributed by atoms with van der Waals surface area (Å²) in [6, 6.07) is 6.59. The van der Waals surface area contributed by atoms with Crippen molar-refractivity contribution < 1.29 is 4.79 Å². The highest BCUT2D eigenvalue weighted by molar-refractivity contribution is 5.96. The second kappa shape index (κ2) is 6.18. The normalized spacial score (nSPS) is 25.2. The van der Waals surface area contributed by atoms with Crippen LogP contribution in [0.4, 0.5) is 0 Å². The number of benzene rings is 1. The van der Waals surface area contributed by atoms with Crippen LogP contribution < -0.4 is 5.32 Å². The van der Waals surface area contributed by atoms with Crippen LogP contribution in [0.2, 0.25) is 0 Å². The molecule has 0 saturated heterocycles. The number of carbonyl (C=O) groups is 1. The van der Waals surface area contributed by atoms with E-state index in [4.69, 9.17) is 0 Å². The molecule has 2 aliphatic rings. The van der Waals surface area contributed by atoms with Crippen LogP contribution in [0, 0.1) is 5.92 Å². The van der Waals surface area contributed by atoms with Crippen LogP contribution in [0.5, 0.6) is 0 Å². The molecule has 1 aliphatic heterocycles. The van der Waals surface area contributed by atoms with Crippen molar-refractivity contribution in [1.82, 2.24) is 10.2 Å². The molecule has 3 rings (SSSR count). The van der Waals surface area contributed by atoms with E-state index in [0.717, 1.165) is 43.8 Å². The van der Waals surface area contributed by atoms with E-state index >= 15 is 0 Å². The van der Waals surface area contributed by atoms with E-state index in [1.165, 1.54) is 24.0 Å². The molecule has 3 heteroatoms. The lowest BCUT2D eigenvalue weighted by Crippen LogP contribution is -2.40. The molecule has 1 heterocycles. The molecular formula is C18H26N2O. The Labute approximate surface area is 127 Å². The lowest BCUT2D eigenvalue weighted by molar-refractivity contribution is 0.0678. The lowest BCUT2D eigenvalue weighted by Gasteiger charge is -2.34. The van der Waals surface area contributed by atoms with Gasteiger partial charge in [-0.15, -0.1) is 0 Å². The maximum absolute atomic E-state index is 12.9. The van der Waals surface area contributed by atoms with Crippen molar-refractivity contribution in [3.8, 4) is 0 Å². The molecule has 1 aromatic rings. The van der Waals surface area contributed by atoms with E-state index in [1.807, 2.05) is 24.1 Å². The van der Waals surface area contributed by atoms with Crippen LogP contribution in [0.15, 0.2) is 18.2 Å². The van der Waals surface area contributed by atoms with Gasteiger partial charge in [0.15, 0.2) is 0 Å². The first-order valence-corrected chi connectivity index (χ1v) is 8.25. The standard InChI is InChI=1S/C18H26N2O/c1-13-6-8-15(9-7-13)20(2)18(21)17-5-3-4-14-12-19-11-10-16(14)17/h3-5,13,15,19H,6-12H2,1-2H3. The van der Waals surface area contributed by atoms with Gasteiger partial charge in [0.05, 0.1) is 0 Å². The first-order chi connectivity index (χ1) is 10.2. The van der Waals surface area contributed by atoms with Crippen molar-refractivity contribution in [2.24, 2.45) is 5.92 Å². The molecule has 0 unspecified atom stereocenters. The van der Waals surface area contributed by atoms with Crippen molar-refractivity contribution in [3.05, 3.63) is 34.9 Å². The number of rotatable bonds is 2. The summed E-state index contributed by atoms with van der Waals surface area (Å²) in [6.07, 6.45) is 5.77. The number of nitrogens with one attached hydrogen (secondary N) is 1. The average molecular weight is 286 g/mol. The van der Waals surface area contributed by atoms with Crippen LogP contribution in [0.25, 0.3) is 0 Å². The Morgan fingerprint density at radius 2 is 2.00 bits per heavy atom. The molecule has 21 heavy (non-hydrogen) atoms. The predicted octanol–water partition coefficient (Wildman–Crippen LogP) is 2.98. The molecule has 0 atom stereocenters. The summed E-state index contributed by atoms with van der Waals surface area (Å²) in [4.78, 5) is 14.9. The van der Waals surface area contributed by atoms with Gasteiger partial charge in [0.2, 0.25) is 0 Å². The number of fused-ring (bicyclic) bond motifs is 1. The summed E-state index contributed by atoms with van der Waals surface area (Å²) in [6.45, 7) is 4.18. The topological polar surface area (TPSA) is 32.3 Å². The molecule has 1 saturated carbocycles. The molecule has 0 aromatic heterocycles. The monoisotopic (exact) mass is 286 g/mol. The highest BCUT2D eigenvalue weighted by Gasteiger charge is 2.27. The SMILES string of the molecule is CC1CCC(N(C)C(=O)c2cccc3c2CCNC3)CC1. The summed E-state index contributed by atoms with van der Waals surface area (Å²) in [7, 11) is 1.99. The Bertz CT molecular complexity index is 518. The van der Waals surface area contributed by atoms with Crippen LogP contribution in [0.3, 0.4) is 0 Å². The third kappa shape index (κ3) is 2.98. The van der Waals surface area contributed by atoms with E-state index < -0.39 is 0 Å². The predicted molar refractivity (Wildman–Crippen MR) is 85.4 cm³/mol. The van der Waals surface area contributed by atoms with E-state index in [1.54, 1.807) is 0 Å². The van der Waals surface area contributed by atoms with E-state index in [9.17, 15) is 4.79 Å². The second-order valence-electron chi connectivity index (χ2n) is 6.70. The van der Waals surface area contributed by atoms with Gasteiger partial charge < -0.3 is 10.2 Å². The fourth-order valence-corrected chi connectivity index (χ4v) is 3.72. The summed E-state index contributed by atoms with van der Waals surface area (Å²) < 4.78 is 0. The van der Waals surface area contributed by atoms with Gasteiger partial charge in [-0.25, -0.2) is 0 Å². The molecule has 0 bridgehead atoms. The van der Waals surface area contributed by atoms with Gasteiger partial charge in [-0.3, -0.25) is 4.79 Å². The number of hydrogen-bond acceptors (Lipinski definition) is 2. The molecule has 114 valence electrons. The Balaban J connectivity index is 1.78. The van der Waals surface area contributed by atoms with E-state index in [2.05, 4.69) is 18.3 Å². The highest BCUT2D eigenvalue weighted by atomic mass is 16.2. The average Bonchev–Trinajstić information content (AvgIpc) is 2.53. The van der Waals surface area contributed by atoms with Gasteiger partial charge in [0.25, 0.3) is 5.91 Å². The van der Waals surface area contributed by atoms with Gasteiger partial charge in [-0.05, 0) is 61.8 Å². The third-order valence-corrected chi connectivity index (χ3v) is 5.22. The molecule has 0 spiro atoms. The third-order valence-electron chi connectivity index (χ3n) is 5.22. The minimum Gasteiger partial charge on any atom is -0.339 e. The van der Waals surface area contributed by atoms with Crippen LogP contribution >= 0.6 is 0 Å². The zero-order valence-electron chi connectivity index (χ0n) is 13.2. The zero-order chi connectivity index (χ0) is 14.8. The minimum absolute atomic E-state index is 0.216. The van der Waals surface area contributed by atoms with Gasteiger partial charge in [0, 0.05) is 25.2 Å². The number of carbonyl (C=O) groups excluding carboxylic acids is 1. The minimum atomic E-state index is 0.216. The summed E-state index contributed by atoms with van der Waals surface area (Å²) >= 11 is 0. The fraction of sp³-hybridized carbons (Fsp3) is 0.611. The zero-order valence-corrected chi connectivity index (χ0v) is 13.2. The molecule has 3 nitrogen and oxygen atoms in total. The largest absolute Gasteiger partial charge is 0.339 e. The van der Waals surface area contributed by atoms with Crippen LogP contribution in [-0.2, 0) is 13.0 Å². The number of nitrogens with zero attached hydrogens (tertiary/aromatic N) is 1. The van der Waals surface area contributed by atoms with E-state index in [0.29, 0.717) is 6.04 Å². The van der Waals surface area contributed by atoms with Gasteiger partial charge in [0.1, 0.15) is 0 Å². The second-order valence-corrected chi connectivity index (χ2v) is 6.70. The van der Waals surface area contributed by atoms with Crippen molar-refractivity contribution in [3.63, 3.8) is 0 Å². The molecule has 0 radical (unpaired) electrons. The summed E-state index contributed by atoms with van der Waals surface area (Å²) in [5, 5.41) is 3.38. The molecular weight excluding hydrogens is 260 g/mol. The molecule has 1 aromatic carbocycles. The molecule has 1 fully saturated rings. The van der Waals surface area contributed by atoms with Gasteiger partial charge in [-0.1, -0.05) is 19.1 Å². The van der Waals surface area contributed by atoms with Crippen molar-refractivity contribution in [1.29, 1.82) is 0 Å². The number of hydrogen-bond donors (Lipinski definition) is 1. The molecule has 1 N–H and O–H groups in total. The molecule has 1 amide bonds. The van der Waals surface area contributed by atoms with Crippen molar-refractivity contribution in [2.45, 2.75) is 51.6 Å². The van der Waals surface area contributed by atoms with Crippen molar-refractivity contribution >= 4 is 5.91 Å². The van der Waals surface area contributed by atoms with Gasteiger partial charge >= 0.3 is 0 Å². The lowest BCUT2D eigenvalue weighted by atomic mass is 9.86. The highest BCUT2D eigenvalue weighted by Crippen LogP contribution is 2.28. The maximum Gasteiger partial charge on any atom is 0.254 e. The smallest absolute Gasteiger partial charge is 0.254 e. The summed E-state index contributed by atoms with van der Waals surface area (Å²) in [5.41, 5.74) is 3.48. The Hall–Kier alpha value is -1.35. The fourth-order valence-electron chi connectivity index (χ4n) is 3.72. The van der Waals surface area contributed by atoms with E-state index in [-0.39, 0.29) is 5.91 Å². The molecule has 1 aliphatic carbocycles. The summed E-state index contributed by atoms with van der Waals surface area (Å²) in [5.74, 6) is 1.04. The first-order valence-electron chi connectivity index (χ1n) is 8.25. The van der Waals surface area contributed by atoms with Crippen LogP contribution in [0.1, 0.15) is 54.1 Å². The quantitative estimate of drug-likeness (QED) is 0.906. The Morgan fingerprint density at radius 1 is 1.24 bits per heavy atom. The number of amides is 1. The maximum atomic E-state index is 12.9. The Kier molecular flexibility index (Phi) is 4.29. The van der Waals surface area contributed by atoms with Crippen molar-refractivity contribution in [2.75, 3.05) is 13.6 Å². The Morgan fingerprint density at radius 3 is 2.76 bits per heavy atom. The van der Waals surface area contributed by atoms with Gasteiger partial charge in [-0.2, -0.15) is 0 Å². The first kappa shape index (κ1) is 14.6.